The number of hydrogen-bond donors (Lipinski definition) is 1. The largest absolute Gasteiger partial charge is 0.383 e. The van der Waals surface area contributed by atoms with Crippen molar-refractivity contribution in [2.75, 3.05) is 32.3 Å². The zero-order valence-electron chi connectivity index (χ0n) is 9.71. The topological polar surface area (TPSA) is 47.6 Å². The van der Waals surface area contributed by atoms with E-state index in [1.165, 1.54) is 0 Å². The van der Waals surface area contributed by atoms with Gasteiger partial charge in [-0.15, -0.1) is 0 Å². The fourth-order valence-electron chi connectivity index (χ4n) is 1.80. The van der Waals surface area contributed by atoms with E-state index < -0.39 is 0 Å². The number of nitrogens with one attached hydrogen (secondary N) is 1. The van der Waals surface area contributed by atoms with Gasteiger partial charge in [0.1, 0.15) is 0 Å². The summed E-state index contributed by atoms with van der Waals surface area (Å²) in [4.78, 5) is 11.9. The number of halogens is 1. The van der Waals surface area contributed by atoms with Crippen LogP contribution in [0, 0.1) is 5.92 Å². The van der Waals surface area contributed by atoms with Crippen molar-refractivity contribution >= 4 is 21.8 Å². The molecule has 1 aliphatic rings. The van der Waals surface area contributed by atoms with E-state index in [1.54, 1.807) is 7.11 Å². The molecule has 2 atom stereocenters. The standard InChI is InChI=1S/C11H20BrNO3/c1-15-8-10(4-5-12)13-11(14)9-3-2-6-16-7-9/h9-10H,2-8H2,1H3,(H,13,14). The van der Waals surface area contributed by atoms with E-state index in [0.717, 1.165) is 31.2 Å². The van der Waals surface area contributed by atoms with Gasteiger partial charge in [0, 0.05) is 19.0 Å². The van der Waals surface area contributed by atoms with E-state index in [4.69, 9.17) is 9.47 Å². The third-order valence-electron chi connectivity index (χ3n) is 2.70. The van der Waals surface area contributed by atoms with E-state index in [0.29, 0.717) is 13.2 Å². The fourth-order valence-corrected chi connectivity index (χ4v) is 2.35. The van der Waals surface area contributed by atoms with E-state index in [1.807, 2.05) is 0 Å². The van der Waals surface area contributed by atoms with Gasteiger partial charge < -0.3 is 14.8 Å². The number of hydrogen-bond acceptors (Lipinski definition) is 3. The maximum atomic E-state index is 11.9. The quantitative estimate of drug-likeness (QED) is 0.752. The van der Waals surface area contributed by atoms with Crippen LogP contribution >= 0.6 is 15.9 Å². The van der Waals surface area contributed by atoms with Crippen LogP contribution in [0.4, 0.5) is 0 Å². The van der Waals surface area contributed by atoms with Crippen molar-refractivity contribution in [2.24, 2.45) is 5.92 Å². The highest BCUT2D eigenvalue weighted by Gasteiger charge is 2.23. The minimum atomic E-state index is 0.0171. The zero-order valence-corrected chi connectivity index (χ0v) is 11.3. The molecule has 0 saturated carbocycles. The molecule has 1 saturated heterocycles. The van der Waals surface area contributed by atoms with Crippen molar-refractivity contribution < 1.29 is 14.3 Å². The van der Waals surface area contributed by atoms with E-state index in [-0.39, 0.29) is 17.9 Å². The van der Waals surface area contributed by atoms with Crippen molar-refractivity contribution in [3.8, 4) is 0 Å². The summed E-state index contributed by atoms with van der Waals surface area (Å²) in [5.74, 6) is 0.117. The summed E-state index contributed by atoms with van der Waals surface area (Å²) >= 11 is 3.37. The first-order chi connectivity index (χ1) is 7.77. The van der Waals surface area contributed by atoms with Crippen LogP contribution in [0.3, 0.4) is 0 Å². The molecule has 0 aliphatic carbocycles. The predicted octanol–water partition coefficient (Wildman–Crippen LogP) is 1.33. The van der Waals surface area contributed by atoms with Crippen molar-refractivity contribution in [1.82, 2.24) is 5.32 Å². The number of carbonyl (C=O) groups excluding carboxylic acids is 1. The molecule has 2 unspecified atom stereocenters. The van der Waals surface area contributed by atoms with Gasteiger partial charge in [-0.1, -0.05) is 15.9 Å². The van der Waals surface area contributed by atoms with Crippen LogP contribution in [0.15, 0.2) is 0 Å². The summed E-state index contributed by atoms with van der Waals surface area (Å²) < 4.78 is 10.4. The molecule has 1 rings (SSSR count). The summed E-state index contributed by atoms with van der Waals surface area (Å²) in [6.07, 6.45) is 2.79. The summed E-state index contributed by atoms with van der Waals surface area (Å²) in [6.45, 7) is 1.90. The van der Waals surface area contributed by atoms with Gasteiger partial charge in [-0.25, -0.2) is 0 Å². The van der Waals surface area contributed by atoms with Crippen molar-refractivity contribution in [3.63, 3.8) is 0 Å². The van der Waals surface area contributed by atoms with Gasteiger partial charge in [0.15, 0.2) is 0 Å². The van der Waals surface area contributed by atoms with E-state index in [2.05, 4.69) is 21.2 Å². The Kier molecular flexibility index (Phi) is 7.00. The molecule has 0 aromatic rings. The van der Waals surface area contributed by atoms with E-state index >= 15 is 0 Å². The second-order valence-electron chi connectivity index (χ2n) is 4.05. The molecule has 94 valence electrons. The number of carbonyl (C=O) groups is 1. The van der Waals surface area contributed by atoms with Gasteiger partial charge in [-0.2, -0.15) is 0 Å². The van der Waals surface area contributed by atoms with E-state index in [9.17, 15) is 4.79 Å². The Morgan fingerprint density at radius 3 is 3.06 bits per heavy atom. The number of amides is 1. The smallest absolute Gasteiger partial charge is 0.225 e. The van der Waals surface area contributed by atoms with Crippen LogP contribution in [0.25, 0.3) is 0 Å². The first-order valence-electron chi connectivity index (χ1n) is 5.71. The van der Waals surface area contributed by atoms with Crippen LogP contribution in [0.1, 0.15) is 19.3 Å². The Morgan fingerprint density at radius 2 is 2.50 bits per heavy atom. The Balaban J connectivity index is 2.33. The molecular weight excluding hydrogens is 274 g/mol. The first-order valence-corrected chi connectivity index (χ1v) is 6.83. The lowest BCUT2D eigenvalue weighted by molar-refractivity contribution is -0.130. The minimum Gasteiger partial charge on any atom is -0.383 e. The first kappa shape index (κ1) is 13.9. The lowest BCUT2D eigenvalue weighted by atomic mass is 10.0. The van der Waals surface area contributed by atoms with Crippen LogP contribution < -0.4 is 5.32 Å². The molecule has 1 N–H and O–H groups in total. The molecule has 1 fully saturated rings. The van der Waals surface area contributed by atoms with Gasteiger partial charge in [0.05, 0.1) is 25.2 Å². The number of methoxy groups -OCH3 is 1. The maximum absolute atomic E-state index is 11.9. The molecular formula is C11H20BrNO3. The number of rotatable bonds is 6. The lowest BCUT2D eigenvalue weighted by Gasteiger charge is -2.24. The fraction of sp³-hybridized carbons (Fsp3) is 0.909. The van der Waals surface area contributed by atoms with Gasteiger partial charge in [-0.05, 0) is 19.3 Å². The molecule has 0 aromatic heterocycles. The van der Waals surface area contributed by atoms with Crippen LogP contribution in [-0.2, 0) is 14.3 Å². The highest BCUT2D eigenvalue weighted by atomic mass is 79.9. The Labute approximate surface area is 105 Å². The maximum Gasteiger partial charge on any atom is 0.225 e. The highest BCUT2D eigenvalue weighted by molar-refractivity contribution is 9.09. The molecule has 0 radical (unpaired) electrons. The van der Waals surface area contributed by atoms with Gasteiger partial charge in [0.25, 0.3) is 0 Å². The van der Waals surface area contributed by atoms with Crippen molar-refractivity contribution in [1.29, 1.82) is 0 Å². The third kappa shape index (κ3) is 4.80. The molecule has 0 bridgehead atoms. The van der Waals surface area contributed by atoms with Gasteiger partial charge in [0.2, 0.25) is 5.91 Å². The minimum absolute atomic E-state index is 0.0171. The third-order valence-corrected chi connectivity index (χ3v) is 3.16. The molecule has 1 amide bonds. The second kappa shape index (κ2) is 8.03. The SMILES string of the molecule is COCC(CCBr)NC(=O)C1CCCOC1. The van der Waals surface area contributed by atoms with Crippen molar-refractivity contribution in [3.05, 3.63) is 0 Å². The van der Waals surface area contributed by atoms with Gasteiger partial charge >= 0.3 is 0 Å². The normalized spacial score (nSPS) is 22.8. The van der Waals surface area contributed by atoms with Crippen molar-refractivity contribution in [2.45, 2.75) is 25.3 Å². The number of alkyl halides is 1. The predicted molar refractivity (Wildman–Crippen MR) is 65.8 cm³/mol. The Hall–Kier alpha value is -0.130. The summed E-state index contributed by atoms with van der Waals surface area (Å²) in [5.41, 5.74) is 0. The van der Waals surface area contributed by atoms with Crippen LogP contribution in [0.2, 0.25) is 0 Å². The average molecular weight is 294 g/mol. The van der Waals surface area contributed by atoms with Crippen LogP contribution in [-0.4, -0.2) is 44.2 Å². The lowest BCUT2D eigenvalue weighted by Crippen LogP contribution is -2.43. The van der Waals surface area contributed by atoms with Gasteiger partial charge in [-0.3, -0.25) is 4.79 Å². The monoisotopic (exact) mass is 293 g/mol. The Morgan fingerprint density at radius 1 is 1.69 bits per heavy atom. The molecule has 0 spiro atoms. The van der Waals surface area contributed by atoms with Crippen LogP contribution in [0.5, 0.6) is 0 Å². The molecule has 0 aromatic carbocycles. The highest BCUT2D eigenvalue weighted by Crippen LogP contribution is 2.14. The summed E-state index contributed by atoms with van der Waals surface area (Å²) in [7, 11) is 1.65. The Bertz CT molecular complexity index is 201. The molecule has 1 aliphatic heterocycles. The molecule has 16 heavy (non-hydrogen) atoms. The zero-order chi connectivity index (χ0) is 11.8. The second-order valence-corrected chi connectivity index (χ2v) is 4.85. The number of ether oxygens (including phenoxy) is 2. The molecule has 5 heteroatoms. The average Bonchev–Trinajstić information content (AvgIpc) is 2.31. The molecule has 1 heterocycles. The summed E-state index contributed by atoms with van der Waals surface area (Å²) in [6, 6.07) is 0.0961. The summed E-state index contributed by atoms with van der Waals surface area (Å²) in [5, 5.41) is 3.88. The molecule has 4 nitrogen and oxygen atoms in total.